The first-order valence-corrected chi connectivity index (χ1v) is 12.5. The SMILES string of the molecule is C[C@@H]1CO[C@H](CO)CN1S(=O)(=O)c1ccc2nccc(Nc3ccc4scnc4c3)c2c1. The molecular weight excluding hydrogens is 448 g/mol. The predicted molar refractivity (Wildman–Crippen MR) is 125 cm³/mol. The highest BCUT2D eigenvalue weighted by molar-refractivity contribution is 7.89. The summed E-state index contributed by atoms with van der Waals surface area (Å²) in [5, 5.41) is 13.5. The van der Waals surface area contributed by atoms with E-state index in [0.29, 0.717) is 10.9 Å². The van der Waals surface area contributed by atoms with Crippen molar-refractivity contribution in [1.29, 1.82) is 0 Å². The topological polar surface area (TPSA) is 105 Å². The van der Waals surface area contributed by atoms with Crippen molar-refractivity contribution in [3.63, 3.8) is 0 Å². The number of morpholine rings is 1. The molecule has 0 radical (unpaired) electrons. The zero-order chi connectivity index (χ0) is 22.3. The summed E-state index contributed by atoms with van der Waals surface area (Å²) in [5.41, 5.74) is 5.01. The molecule has 1 aliphatic rings. The quantitative estimate of drug-likeness (QED) is 0.461. The first kappa shape index (κ1) is 21.2. The number of thiazole rings is 1. The molecule has 0 aliphatic carbocycles. The standard InChI is InChI=1S/C22H22N4O4S2/c1-14-12-30-16(11-27)10-26(14)32(28,29)17-3-4-19-18(9-17)20(6-7-23-19)25-15-2-5-22-21(8-15)24-13-31-22/h2-9,13-14,16,27H,10-12H2,1H3,(H,23,25)/t14-,16+/m1/s1. The molecule has 32 heavy (non-hydrogen) atoms. The second-order valence-corrected chi connectivity index (χ2v) is 10.5. The fourth-order valence-electron chi connectivity index (χ4n) is 3.86. The van der Waals surface area contributed by atoms with Gasteiger partial charge in [-0.05, 0) is 49.4 Å². The zero-order valence-electron chi connectivity index (χ0n) is 17.3. The third-order valence-corrected chi connectivity index (χ3v) is 8.37. The van der Waals surface area contributed by atoms with E-state index in [4.69, 9.17) is 4.74 Å². The number of nitrogens with zero attached hydrogens (tertiary/aromatic N) is 3. The van der Waals surface area contributed by atoms with Gasteiger partial charge in [-0.15, -0.1) is 11.3 Å². The van der Waals surface area contributed by atoms with Gasteiger partial charge in [0, 0.05) is 35.5 Å². The molecule has 0 spiro atoms. The summed E-state index contributed by atoms with van der Waals surface area (Å²) < 4.78 is 34.9. The average Bonchev–Trinajstić information content (AvgIpc) is 3.27. The van der Waals surface area contributed by atoms with Crippen molar-refractivity contribution in [3.05, 3.63) is 54.2 Å². The highest BCUT2D eigenvalue weighted by atomic mass is 32.2. The van der Waals surface area contributed by atoms with E-state index in [9.17, 15) is 13.5 Å². The van der Waals surface area contributed by atoms with Gasteiger partial charge in [-0.2, -0.15) is 4.31 Å². The maximum atomic E-state index is 13.4. The highest BCUT2D eigenvalue weighted by Gasteiger charge is 2.35. The summed E-state index contributed by atoms with van der Waals surface area (Å²) in [7, 11) is -3.78. The zero-order valence-corrected chi connectivity index (χ0v) is 18.9. The largest absolute Gasteiger partial charge is 0.394 e. The number of benzene rings is 2. The molecule has 166 valence electrons. The number of aliphatic hydroxyl groups is 1. The number of nitrogens with one attached hydrogen (secondary N) is 1. The Morgan fingerprint density at radius 2 is 2.06 bits per heavy atom. The minimum atomic E-state index is -3.78. The summed E-state index contributed by atoms with van der Waals surface area (Å²) in [6.45, 7) is 1.93. The van der Waals surface area contributed by atoms with Crippen molar-refractivity contribution < 1.29 is 18.3 Å². The Morgan fingerprint density at radius 3 is 2.91 bits per heavy atom. The van der Waals surface area contributed by atoms with Gasteiger partial charge in [-0.3, -0.25) is 4.98 Å². The Bertz CT molecular complexity index is 1390. The number of aliphatic hydroxyl groups excluding tert-OH is 1. The van der Waals surface area contributed by atoms with Gasteiger partial charge in [0.05, 0.1) is 45.5 Å². The van der Waals surface area contributed by atoms with Crippen LogP contribution in [0.4, 0.5) is 11.4 Å². The summed E-state index contributed by atoms with van der Waals surface area (Å²) in [6, 6.07) is 12.4. The number of sulfonamides is 1. The van der Waals surface area contributed by atoms with Gasteiger partial charge in [0.2, 0.25) is 10.0 Å². The van der Waals surface area contributed by atoms with E-state index in [0.717, 1.165) is 21.6 Å². The fourth-order valence-corrected chi connectivity index (χ4v) is 6.19. The van der Waals surface area contributed by atoms with Gasteiger partial charge in [-0.1, -0.05) is 0 Å². The van der Waals surface area contributed by atoms with Gasteiger partial charge in [0.25, 0.3) is 0 Å². The predicted octanol–water partition coefficient (Wildman–Crippen LogP) is 3.36. The highest BCUT2D eigenvalue weighted by Crippen LogP contribution is 2.31. The van der Waals surface area contributed by atoms with E-state index in [1.807, 2.05) is 24.3 Å². The van der Waals surface area contributed by atoms with E-state index >= 15 is 0 Å². The van der Waals surface area contributed by atoms with Crippen LogP contribution in [0.15, 0.2) is 59.1 Å². The molecule has 5 rings (SSSR count). The normalized spacial score (nSPS) is 20.1. The van der Waals surface area contributed by atoms with Crippen LogP contribution in [0.3, 0.4) is 0 Å². The van der Waals surface area contributed by atoms with Crippen molar-refractivity contribution in [1.82, 2.24) is 14.3 Å². The molecule has 1 saturated heterocycles. The number of rotatable bonds is 5. The molecule has 3 heterocycles. The second kappa shape index (κ2) is 8.38. The summed E-state index contributed by atoms with van der Waals surface area (Å²) in [6.07, 6.45) is 1.16. The molecule has 2 atom stereocenters. The van der Waals surface area contributed by atoms with Crippen LogP contribution in [-0.2, 0) is 14.8 Å². The summed E-state index contributed by atoms with van der Waals surface area (Å²) in [5.74, 6) is 0. The number of ether oxygens (including phenoxy) is 1. The molecule has 0 saturated carbocycles. The first-order valence-electron chi connectivity index (χ1n) is 10.2. The smallest absolute Gasteiger partial charge is 0.243 e. The molecule has 2 N–H and O–H groups in total. The second-order valence-electron chi connectivity index (χ2n) is 7.76. The summed E-state index contributed by atoms with van der Waals surface area (Å²) in [4.78, 5) is 8.93. The lowest BCUT2D eigenvalue weighted by molar-refractivity contribution is -0.0516. The molecule has 2 aromatic carbocycles. The Morgan fingerprint density at radius 1 is 1.19 bits per heavy atom. The van der Waals surface area contributed by atoms with Crippen LogP contribution in [-0.4, -0.2) is 59.7 Å². The Balaban J connectivity index is 1.53. The van der Waals surface area contributed by atoms with E-state index in [1.54, 1.807) is 48.2 Å². The number of anilines is 2. The van der Waals surface area contributed by atoms with Gasteiger partial charge in [0.15, 0.2) is 0 Å². The molecule has 4 aromatic rings. The van der Waals surface area contributed by atoms with Crippen molar-refractivity contribution in [3.8, 4) is 0 Å². The molecule has 8 nitrogen and oxygen atoms in total. The molecule has 1 aliphatic heterocycles. The van der Waals surface area contributed by atoms with E-state index in [-0.39, 0.29) is 30.7 Å². The third kappa shape index (κ3) is 3.84. The van der Waals surface area contributed by atoms with Gasteiger partial charge in [0.1, 0.15) is 0 Å². The van der Waals surface area contributed by atoms with Crippen LogP contribution in [0.1, 0.15) is 6.92 Å². The van der Waals surface area contributed by atoms with Gasteiger partial charge < -0.3 is 15.2 Å². The number of fused-ring (bicyclic) bond motifs is 2. The van der Waals surface area contributed by atoms with Crippen LogP contribution in [0.2, 0.25) is 0 Å². The van der Waals surface area contributed by atoms with Crippen LogP contribution in [0, 0.1) is 0 Å². The van der Waals surface area contributed by atoms with Gasteiger partial charge >= 0.3 is 0 Å². The maximum Gasteiger partial charge on any atom is 0.243 e. The summed E-state index contributed by atoms with van der Waals surface area (Å²) >= 11 is 1.58. The Labute approximate surface area is 189 Å². The number of hydrogen-bond acceptors (Lipinski definition) is 8. The number of pyridine rings is 1. The van der Waals surface area contributed by atoms with Crippen LogP contribution in [0.25, 0.3) is 21.1 Å². The monoisotopic (exact) mass is 470 g/mol. The number of aromatic nitrogens is 2. The minimum Gasteiger partial charge on any atom is -0.394 e. The van der Waals surface area contributed by atoms with E-state index in [2.05, 4.69) is 15.3 Å². The minimum absolute atomic E-state index is 0.115. The van der Waals surface area contributed by atoms with Crippen LogP contribution in [0.5, 0.6) is 0 Å². The first-order chi connectivity index (χ1) is 15.5. The average molecular weight is 471 g/mol. The Hall–Kier alpha value is -2.63. The van der Waals surface area contributed by atoms with Crippen molar-refractivity contribution in [2.75, 3.05) is 25.1 Å². The molecule has 1 fully saturated rings. The molecule has 0 unspecified atom stereocenters. The fraction of sp³-hybridized carbons (Fsp3) is 0.273. The van der Waals surface area contributed by atoms with Crippen LogP contribution >= 0.6 is 11.3 Å². The molecule has 0 bridgehead atoms. The van der Waals surface area contributed by atoms with E-state index in [1.165, 1.54) is 4.31 Å². The van der Waals surface area contributed by atoms with E-state index < -0.39 is 16.1 Å². The number of hydrogen-bond donors (Lipinski definition) is 2. The molecular formula is C22H22N4O4S2. The van der Waals surface area contributed by atoms with Crippen LogP contribution < -0.4 is 5.32 Å². The molecule has 0 amide bonds. The maximum absolute atomic E-state index is 13.4. The lowest BCUT2D eigenvalue weighted by atomic mass is 10.2. The lowest BCUT2D eigenvalue weighted by Gasteiger charge is -2.36. The van der Waals surface area contributed by atoms with Crippen molar-refractivity contribution in [2.24, 2.45) is 0 Å². The third-order valence-electron chi connectivity index (χ3n) is 5.58. The lowest BCUT2D eigenvalue weighted by Crippen LogP contribution is -2.51. The molecule has 2 aromatic heterocycles. The van der Waals surface area contributed by atoms with Gasteiger partial charge in [-0.25, -0.2) is 13.4 Å². The van der Waals surface area contributed by atoms with Crippen molar-refractivity contribution in [2.45, 2.75) is 24.0 Å². The van der Waals surface area contributed by atoms with Crippen molar-refractivity contribution >= 4 is 53.9 Å². The Kier molecular flexibility index (Phi) is 5.56. The molecule has 10 heteroatoms.